The third kappa shape index (κ3) is 3.77. The maximum Gasteiger partial charge on any atom is 0.251 e. The van der Waals surface area contributed by atoms with Crippen molar-refractivity contribution in [3.8, 4) is 0 Å². The van der Waals surface area contributed by atoms with Crippen LogP contribution >= 0.6 is 0 Å². The minimum Gasteiger partial charge on any atom is -0.352 e. The van der Waals surface area contributed by atoms with E-state index in [1.54, 1.807) is 13.0 Å². The lowest BCUT2D eigenvalue weighted by Crippen LogP contribution is -2.39. The second kappa shape index (κ2) is 6.15. The van der Waals surface area contributed by atoms with Crippen LogP contribution in [0.25, 0.3) is 0 Å². The number of aryl methyl sites for hydroxylation is 1. The molecule has 0 aliphatic carbocycles. The van der Waals surface area contributed by atoms with Gasteiger partial charge in [0.1, 0.15) is 5.82 Å². The van der Waals surface area contributed by atoms with Crippen LogP contribution in [-0.4, -0.2) is 37.5 Å². The zero-order valence-electron chi connectivity index (χ0n) is 11.6. The Balaban J connectivity index is 1.90. The van der Waals surface area contributed by atoms with Crippen LogP contribution in [0.5, 0.6) is 0 Å². The smallest absolute Gasteiger partial charge is 0.251 e. The van der Waals surface area contributed by atoms with Gasteiger partial charge >= 0.3 is 0 Å². The normalized spacial score (nSPS) is 20.3. The first-order valence-corrected chi connectivity index (χ1v) is 6.79. The molecular weight excluding hydrogens is 243 g/mol. The zero-order valence-corrected chi connectivity index (χ0v) is 11.6. The predicted octanol–water partition coefficient (Wildman–Crippen LogP) is 2.21. The molecule has 4 heteroatoms. The van der Waals surface area contributed by atoms with Gasteiger partial charge in [-0.3, -0.25) is 4.79 Å². The summed E-state index contributed by atoms with van der Waals surface area (Å²) in [6.45, 7) is 4.62. The number of halogens is 1. The summed E-state index contributed by atoms with van der Waals surface area (Å²) in [5, 5.41) is 2.96. The molecule has 19 heavy (non-hydrogen) atoms. The zero-order chi connectivity index (χ0) is 13.8. The lowest BCUT2D eigenvalue weighted by atomic mass is 9.98. The number of carbonyl (C=O) groups excluding carboxylic acids is 1. The molecule has 1 unspecified atom stereocenters. The van der Waals surface area contributed by atoms with Gasteiger partial charge in [0.2, 0.25) is 0 Å². The Morgan fingerprint density at radius 3 is 3.00 bits per heavy atom. The van der Waals surface area contributed by atoms with E-state index in [2.05, 4.69) is 17.3 Å². The second-order valence-corrected chi connectivity index (χ2v) is 5.44. The van der Waals surface area contributed by atoms with Crippen LogP contribution in [0.15, 0.2) is 18.2 Å². The highest BCUT2D eigenvalue weighted by Gasteiger charge is 2.18. The molecule has 0 aromatic heterocycles. The topological polar surface area (TPSA) is 32.3 Å². The van der Waals surface area contributed by atoms with Gasteiger partial charge in [0.15, 0.2) is 0 Å². The Kier molecular flexibility index (Phi) is 4.53. The summed E-state index contributed by atoms with van der Waals surface area (Å²) in [5.41, 5.74) is 1.24. The highest BCUT2D eigenvalue weighted by Crippen LogP contribution is 2.15. The molecule has 0 saturated carbocycles. The molecule has 3 nitrogen and oxygen atoms in total. The molecule has 1 aromatic rings. The molecule has 0 bridgehead atoms. The molecule has 1 fully saturated rings. The number of nitrogens with zero attached hydrogens (tertiary/aromatic N) is 1. The first-order valence-electron chi connectivity index (χ1n) is 6.79. The number of piperidine rings is 1. The third-order valence-electron chi connectivity index (χ3n) is 3.71. The van der Waals surface area contributed by atoms with E-state index in [0.29, 0.717) is 23.6 Å². The molecule has 2 rings (SSSR count). The van der Waals surface area contributed by atoms with E-state index in [1.807, 2.05) is 0 Å². The highest BCUT2D eigenvalue weighted by atomic mass is 19.1. The van der Waals surface area contributed by atoms with Crippen molar-refractivity contribution in [1.82, 2.24) is 10.2 Å². The van der Waals surface area contributed by atoms with Crippen LogP contribution in [0.2, 0.25) is 0 Å². The van der Waals surface area contributed by atoms with E-state index in [-0.39, 0.29) is 11.7 Å². The van der Waals surface area contributed by atoms with Crippen molar-refractivity contribution in [2.45, 2.75) is 19.8 Å². The number of hydrogen-bond acceptors (Lipinski definition) is 2. The van der Waals surface area contributed by atoms with Crippen molar-refractivity contribution >= 4 is 5.91 Å². The summed E-state index contributed by atoms with van der Waals surface area (Å²) < 4.78 is 13.0. The van der Waals surface area contributed by atoms with E-state index in [0.717, 1.165) is 19.5 Å². The number of benzene rings is 1. The van der Waals surface area contributed by atoms with Gasteiger partial charge in [-0.25, -0.2) is 4.39 Å². The summed E-state index contributed by atoms with van der Waals surface area (Å²) in [6.07, 6.45) is 2.35. The average molecular weight is 264 g/mol. The van der Waals surface area contributed by atoms with Gasteiger partial charge in [-0.05, 0) is 63.0 Å². The molecule has 1 amide bonds. The van der Waals surface area contributed by atoms with Crippen LogP contribution in [0, 0.1) is 18.7 Å². The highest BCUT2D eigenvalue weighted by molar-refractivity contribution is 5.95. The van der Waals surface area contributed by atoms with Gasteiger partial charge in [0, 0.05) is 18.7 Å². The Morgan fingerprint density at radius 2 is 2.32 bits per heavy atom. The molecule has 1 N–H and O–H groups in total. The molecule has 1 aliphatic rings. The molecule has 1 heterocycles. The molecule has 0 radical (unpaired) electrons. The van der Waals surface area contributed by atoms with Crippen LogP contribution in [0.1, 0.15) is 28.8 Å². The molecule has 1 aromatic carbocycles. The lowest BCUT2D eigenvalue weighted by molar-refractivity contribution is 0.0936. The molecule has 1 saturated heterocycles. The summed E-state index contributed by atoms with van der Waals surface area (Å²) in [6, 6.07) is 4.27. The first kappa shape index (κ1) is 14.0. The van der Waals surface area contributed by atoms with Gasteiger partial charge < -0.3 is 10.2 Å². The molecule has 1 atom stereocenters. The number of hydrogen-bond donors (Lipinski definition) is 1. The van der Waals surface area contributed by atoms with Crippen molar-refractivity contribution in [2.75, 3.05) is 26.7 Å². The van der Waals surface area contributed by atoms with Crippen LogP contribution in [0.4, 0.5) is 4.39 Å². The maximum absolute atomic E-state index is 13.0. The SMILES string of the molecule is Cc1cc(F)ccc1C(=O)NCC1CCCN(C)C1. The number of likely N-dealkylation sites (tertiary alicyclic amines) is 1. The number of nitrogens with one attached hydrogen (secondary N) is 1. The van der Waals surface area contributed by atoms with E-state index in [9.17, 15) is 9.18 Å². The van der Waals surface area contributed by atoms with E-state index in [4.69, 9.17) is 0 Å². The van der Waals surface area contributed by atoms with Crippen molar-refractivity contribution in [2.24, 2.45) is 5.92 Å². The fourth-order valence-electron chi connectivity index (χ4n) is 2.65. The fourth-order valence-corrected chi connectivity index (χ4v) is 2.65. The summed E-state index contributed by atoms with van der Waals surface area (Å²) in [4.78, 5) is 14.3. The Morgan fingerprint density at radius 1 is 1.53 bits per heavy atom. The largest absolute Gasteiger partial charge is 0.352 e. The monoisotopic (exact) mass is 264 g/mol. The molecule has 1 aliphatic heterocycles. The Hall–Kier alpha value is -1.42. The van der Waals surface area contributed by atoms with Crippen LogP contribution < -0.4 is 5.32 Å². The minimum atomic E-state index is -0.303. The van der Waals surface area contributed by atoms with Gasteiger partial charge in [0.25, 0.3) is 5.91 Å². The Labute approximate surface area is 113 Å². The number of carbonyl (C=O) groups is 1. The third-order valence-corrected chi connectivity index (χ3v) is 3.71. The van der Waals surface area contributed by atoms with Gasteiger partial charge in [-0.2, -0.15) is 0 Å². The number of amides is 1. The lowest BCUT2D eigenvalue weighted by Gasteiger charge is -2.29. The number of rotatable bonds is 3. The molecule has 104 valence electrons. The average Bonchev–Trinajstić information content (AvgIpc) is 2.36. The van der Waals surface area contributed by atoms with E-state index in [1.165, 1.54) is 18.6 Å². The van der Waals surface area contributed by atoms with Gasteiger partial charge in [0.05, 0.1) is 0 Å². The van der Waals surface area contributed by atoms with Crippen LogP contribution in [0.3, 0.4) is 0 Å². The summed E-state index contributed by atoms with van der Waals surface area (Å²) in [7, 11) is 2.11. The quantitative estimate of drug-likeness (QED) is 0.907. The van der Waals surface area contributed by atoms with Gasteiger partial charge in [-0.1, -0.05) is 0 Å². The maximum atomic E-state index is 13.0. The van der Waals surface area contributed by atoms with Gasteiger partial charge in [-0.15, -0.1) is 0 Å². The Bertz CT molecular complexity index is 461. The summed E-state index contributed by atoms with van der Waals surface area (Å²) in [5.74, 6) is 0.108. The van der Waals surface area contributed by atoms with E-state index < -0.39 is 0 Å². The van der Waals surface area contributed by atoms with Crippen molar-refractivity contribution in [3.63, 3.8) is 0 Å². The molecule has 0 spiro atoms. The second-order valence-electron chi connectivity index (χ2n) is 5.44. The first-order chi connectivity index (χ1) is 9.06. The standard InChI is InChI=1S/C15H21FN2O/c1-11-8-13(16)5-6-14(11)15(19)17-9-12-4-3-7-18(2)10-12/h5-6,8,12H,3-4,7,9-10H2,1-2H3,(H,17,19). The van der Waals surface area contributed by atoms with Crippen molar-refractivity contribution in [1.29, 1.82) is 0 Å². The summed E-state index contributed by atoms with van der Waals surface area (Å²) >= 11 is 0. The fraction of sp³-hybridized carbons (Fsp3) is 0.533. The van der Waals surface area contributed by atoms with Crippen molar-refractivity contribution in [3.05, 3.63) is 35.1 Å². The predicted molar refractivity (Wildman–Crippen MR) is 73.7 cm³/mol. The minimum absolute atomic E-state index is 0.106. The molecular formula is C15H21FN2O. The van der Waals surface area contributed by atoms with Crippen molar-refractivity contribution < 1.29 is 9.18 Å². The van der Waals surface area contributed by atoms with E-state index >= 15 is 0 Å². The van der Waals surface area contributed by atoms with Crippen LogP contribution in [-0.2, 0) is 0 Å².